The summed E-state index contributed by atoms with van der Waals surface area (Å²) in [4.78, 5) is 29.2. The van der Waals surface area contributed by atoms with Crippen molar-refractivity contribution in [3.63, 3.8) is 0 Å². The van der Waals surface area contributed by atoms with Gasteiger partial charge in [-0.3, -0.25) is 9.59 Å². The first-order valence-electron chi connectivity index (χ1n) is 14.1. The smallest absolute Gasteiger partial charge is 0.250 e. The number of rotatable bonds is 6. The summed E-state index contributed by atoms with van der Waals surface area (Å²) in [5.41, 5.74) is 4.44. The van der Waals surface area contributed by atoms with Crippen molar-refractivity contribution in [2.75, 3.05) is 12.4 Å². The maximum Gasteiger partial charge on any atom is 0.250 e. The number of nitrogens with one attached hydrogen (secondary N) is 1. The van der Waals surface area contributed by atoms with E-state index in [0.717, 1.165) is 52.8 Å². The first-order valence-corrected chi connectivity index (χ1v) is 14.1. The number of para-hydroxylation sites is 1. The molecule has 0 heterocycles. The maximum atomic E-state index is 13.8. The summed E-state index contributed by atoms with van der Waals surface area (Å²) >= 11 is 0. The molecule has 1 fully saturated rings. The summed E-state index contributed by atoms with van der Waals surface area (Å²) in [5, 5.41) is 14.2. The Bertz CT molecular complexity index is 1120. The molecule has 1 aliphatic rings. The van der Waals surface area contributed by atoms with Crippen molar-refractivity contribution in [2.24, 2.45) is 0 Å². The van der Waals surface area contributed by atoms with Crippen LogP contribution in [0.3, 0.4) is 0 Å². The highest BCUT2D eigenvalue weighted by Gasteiger charge is 2.45. The van der Waals surface area contributed by atoms with Gasteiger partial charge in [-0.2, -0.15) is 0 Å². The zero-order valence-electron chi connectivity index (χ0n) is 25.0. The van der Waals surface area contributed by atoms with E-state index in [-0.39, 0.29) is 22.6 Å². The van der Waals surface area contributed by atoms with Crippen molar-refractivity contribution >= 4 is 17.5 Å². The average molecular weight is 521 g/mol. The van der Waals surface area contributed by atoms with Gasteiger partial charge in [0.25, 0.3) is 0 Å². The van der Waals surface area contributed by atoms with Crippen molar-refractivity contribution in [3.8, 4) is 5.75 Å². The lowest BCUT2D eigenvalue weighted by Gasteiger charge is -2.43. The summed E-state index contributed by atoms with van der Waals surface area (Å²) in [6, 6.07) is 10.1. The minimum absolute atomic E-state index is 0.0220. The molecule has 38 heavy (non-hydrogen) atoms. The van der Waals surface area contributed by atoms with E-state index in [1.165, 1.54) is 0 Å². The SMILES string of the molecule is Cc1cccc(C)c1NC(=O)C1(N(C)C(=O)CCc2cc(C(C)(C)C)c(O)c(C(C)(C)C)c2)CCCCC1. The molecule has 0 unspecified atom stereocenters. The Hall–Kier alpha value is -2.82. The topological polar surface area (TPSA) is 69.6 Å². The monoisotopic (exact) mass is 520 g/mol. The molecule has 2 N–H and O–H groups in total. The average Bonchev–Trinajstić information content (AvgIpc) is 2.83. The first-order chi connectivity index (χ1) is 17.6. The Morgan fingerprint density at radius 3 is 1.89 bits per heavy atom. The molecule has 1 aliphatic carbocycles. The highest BCUT2D eigenvalue weighted by Crippen LogP contribution is 2.40. The van der Waals surface area contributed by atoms with E-state index in [4.69, 9.17) is 0 Å². The Morgan fingerprint density at radius 2 is 1.42 bits per heavy atom. The fraction of sp³-hybridized carbons (Fsp3) is 0.576. The molecule has 5 heteroatoms. The fourth-order valence-electron chi connectivity index (χ4n) is 5.73. The Labute approximate surface area is 230 Å². The number of carbonyl (C=O) groups excluding carboxylic acids is 2. The molecule has 0 saturated heterocycles. The van der Waals surface area contributed by atoms with E-state index in [9.17, 15) is 14.7 Å². The minimum atomic E-state index is -0.841. The molecular formula is C33H48N2O3. The van der Waals surface area contributed by atoms with E-state index in [2.05, 4.69) is 46.9 Å². The number of benzene rings is 2. The van der Waals surface area contributed by atoms with Crippen LogP contribution in [0.15, 0.2) is 30.3 Å². The molecule has 0 bridgehead atoms. The minimum Gasteiger partial charge on any atom is -0.507 e. The Balaban J connectivity index is 1.86. The zero-order chi connectivity index (χ0) is 28.5. The molecule has 2 aromatic rings. The number of likely N-dealkylation sites (N-methyl/N-ethyl adjacent to an activating group) is 1. The molecule has 0 spiro atoms. The summed E-state index contributed by atoms with van der Waals surface area (Å²) in [6.07, 6.45) is 5.16. The lowest BCUT2D eigenvalue weighted by atomic mass is 9.78. The number of anilines is 1. The molecule has 5 nitrogen and oxygen atoms in total. The maximum absolute atomic E-state index is 13.8. The highest BCUT2D eigenvalue weighted by molar-refractivity contribution is 6.01. The van der Waals surface area contributed by atoms with Crippen molar-refractivity contribution < 1.29 is 14.7 Å². The van der Waals surface area contributed by atoms with Crippen LogP contribution < -0.4 is 5.32 Å². The molecule has 0 atom stereocenters. The van der Waals surface area contributed by atoms with Crippen LogP contribution in [0.2, 0.25) is 0 Å². The van der Waals surface area contributed by atoms with Gasteiger partial charge in [0.2, 0.25) is 11.8 Å². The van der Waals surface area contributed by atoms with Gasteiger partial charge in [-0.25, -0.2) is 0 Å². The summed E-state index contributed by atoms with van der Waals surface area (Å²) in [6.45, 7) is 16.6. The lowest BCUT2D eigenvalue weighted by Crippen LogP contribution is -2.58. The Kier molecular flexibility index (Phi) is 8.70. The van der Waals surface area contributed by atoms with Crippen molar-refractivity contribution in [3.05, 3.63) is 58.1 Å². The van der Waals surface area contributed by atoms with Crippen molar-refractivity contribution in [2.45, 2.75) is 117 Å². The molecular weight excluding hydrogens is 472 g/mol. The van der Waals surface area contributed by atoms with Gasteiger partial charge in [0, 0.05) is 19.2 Å². The van der Waals surface area contributed by atoms with Gasteiger partial charge in [-0.1, -0.05) is 91.1 Å². The van der Waals surface area contributed by atoms with Gasteiger partial charge in [0.1, 0.15) is 11.3 Å². The van der Waals surface area contributed by atoms with E-state index in [1.54, 1.807) is 11.9 Å². The second-order valence-corrected chi connectivity index (χ2v) is 13.3. The van der Waals surface area contributed by atoms with E-state index in [0.29, 0.717) is 31.4 Å². The summed E-state index contributed by atoms with van der Waals surface area (Å²) < 4.78 is 0. The number of hydrogen-bond donors (Lipinski definition) is 2. The van der Waals surface area contributed by atoms with Gasteiger partial charge in [-0.05, 0) is 71.8 Å². The summed E-state index contributed by atoms with van der Waals surface area (Å²) in [7, 11) is 1.80. The number of carbonyl (C=O) groups is 2. The van der Waals surface area contributed by atoms with Gasteiger partial charge in [0.15, 0.2) is 0 Å². The van der Waals surface area contributed by atoms with Crippen LogP contribution >= 0.6 is 0 Å². The van der Waals surface area contributed by atoms with Crippen LogP contribution in [-0.4, -0.2) is 34.4 Å². The zero-order valence-corrected chi connectivity index (χ0v) is 25.0. The van der Waals surface area contributed by atoms with Gasteiger partial charge in [0.05, 0.1) is 0 Å². The molecule has 2 amide bonds. The first kappa shape index (κ1) is 29.7. The van der Waals surface area contributed by atoms with E-state index >= 15 is 0 Å². The van der Waals surface area contributed by atoms with Crippen LogP contribution in [0.5, 0.6) is 5.75 Å². The van der Waals surface area contributed by atoms with Gasteiger partial charge >= 0.3 is 0 Å². The number of phenols is 1. The number of aromatic hydroxyl groups is 1. The number of hydrogen-bond acceptors (Lipinski definition) is 3. The second kappa shape index (κ2) is 11.1. The molecule has 0 radical (unpaired) electrons. The van der Waals surface area contributed by atoms with E-state index < -0.39 is 5.54 Å². The quantitative estimate of drug-likeness (QED) is 0.419. The number of aryl methyl sites for hydroxylation is 3. The third-order valence-corrected chi connectivity index (χ3v) is 8.25. The molecule has 3 rings (SSSR count). The normalized spacial score (nSPS) is 15.7. The van der Waals surface area contributed by atoms with Crippen LogP contribution in [0.1, 0.15) is 108 Å². The van der Waals surface area contributed by atoms with E-state index in [1.807, 2.05) is 44.2 Å². The molecule has 208 valence electrons. The van der Waals surface area contributed by atoms with Crippen LogP contribution in [-0.2, 0) is 26.8 Å². The summed E-state index contributed by atoms with van der Waals surface area (Å²) in [5.74, 6) is 0.243. The number of nitrogens with zero attached hydrogens (tertiary/aromatic N) is 1. The van der Waals surface area contributed by atoms with Crippen molar-refractivity contribution in [1.82, 2.24) is 4.90 Å². The third kappa shape index (κ3) is 6.24. The Morgan fingerprint density at radius 1 is 0.921 bits per heavy atom. The van der Waals surface area contributed by atoms with Gasteiger partial charge < -0.3 is 15.3 Å². The van der Waals surface area contributed by atoms with Crippen LogP contribution in [0.4, 0.5) is 5.69 Å². The number of amides is 2. The highest BCUT2D eigenvalue weighted by atomic mass is 16.3. The molecule has 1 saturated carbocycles. The largest absolute Gasteiger partial charge is 0.507 e. The molecule has 2 aromatic carbocycles. The van der Waals surface area contributed by atoms with Crippen molar-refractivity contribution in [1.29, 1.82) is 0 Å². The standard InChI is InChI=1S/C33H48N2O3/c1-22-14-13-15-23(2)28(22)34-30(38)33(18-11-10-12-19-33)35(9)27(36)17-16-24-20-25(31(3,4)5)29(37)26(21-24)32(6,7)8/h13-15,20-21,37H,10-12,16-19H2,1-9H3,(H,34,38). The molecule has 0 aliphatic heterocycles. The van der Waals surface area contributed by atoms with Gasteiger partial charge in [-0.15, -0.1) is 0 Å². The predicted molar refractivity (Wildman–Crippen MR) is 157 cm³/mol. The lowest BCUT2D eigenvalue weighted by molar-refractivity contribution is -0.145. The second-order valence-electron chi connectivity index (χ2n) is 13.3. The van der Waals surface area contributed by atoms with Crippen LogP contribution in [0.25, 0.3) is 0 Å². The number of phenolic OH excluding ortho intramolecular Hbond substituents is 1. The van der Waals surface area contributed by atoms with Crippen LogP contribution in [0, 0.1) is 13.8 Å². The fourth-order valence-corrected chi connectivity index (χ4v) is 5.73. The third-order valence-electron chi connectivity index (χ3n) is 8.25. The molecule has 0 aromatic heterocycles. The predicted octanol–water partition coefficient (Wildman–Crippen LogP) is 7.34.